The Morgan fingerprint density at radius 3 is 2.16 bits per heavy atom. The van der Waals surface area contributed by atoms with E-state index in [0.29, 0.717) is 19.4 Å². The smallest absolute Gasteiger partial charge is 0.329 e. The van der Waals surface area contributed by atoms with Gasteiger partial charge in [-0.3, -0.25) is 0 Å². The maximum absolute atomic E-state index is 12.2. The molecule has 0 saturated heterocycles. The highest BCUT2D eigenvalue weighted by Gasteiger charge is 2.41. The molecule has 0 spiro atoms. The number of benzene rings is 3. The van der Waals surface area contributed by atoms with E-state index in [1.54, 1.807) is 14.2 Å². The Balaban J connectivity index is 1.48. The van der Waals surface area contributed by atoms with Crippen LogP contribution in [0.15, 0.2) is 54.6 Å². The predicted molar refractivity (Wildman–Crippen MR) is 145 cm³/mol. The van der Waals surface area contributed by atoms with Crippen molar-refractivity contribution in [3.8, 4) is 22.6 Å². The molecule has 0 amide bonds. The quantitative estimate of drug-likeness (QED) is 0.365. The van der Waals surface area contributed by atoms with Crippen LogP contribution in [0.5, 0.6) is 11.5 Å². The first-order valence-corrected chi connectivity index (χ1v) is 13.0. The number of carboxylic acids is 1. The molecule has 2 aliphatic carbocycles. The lowest BCUT2D eigenvalue weighted by Crippen LogP contribution is -2.43. The molecule has 1 fully saturated rings. The first kappa shape index (κ1) is 25.2. The van der Waals surface area contributed by atoms with E-state index >= 15 is 0 Å². The van der Waals surface area contributed by atoms with Crippen LogP contribution in [0.4, 0.5) is 5.69 Å². The molecule has 0 bridgehead atoms. The molecule has 0 unspecified atom stereocenters. The van der Waals surface area contributed by atoms with Crippen molar-refractivity contribution in [2.75, 3.05) is 19.5 Å². The molecule has 1 saturated carbocycles. The minimum atomic E-state index is -0.914. The summed E-state index contributed by atoms with van der Waals surface area (Å²) in [5.74, 6) is 0.722. The maximum atomic E-state index is 12.2. The highest BCUT2D eigenvalue weighted by atomic mass is 16.5. The molecule has 6 nitrogen and oxygen atoms in total. The van der Waals surface area contributed by atoms with Crippen LogP contribution in [0.25, 0.3) is 11.1 Å². The third-order valence-corrected chi connectivity index (χ3v) is 7.91. The van der Waals surface area contributed by atoms with Crippen molar-refractivity contribution in [1.29, 1.82) is 0 Å². The molecular formula is C31H35NO5. The Bertz CT molecular complexity index is 1240. The molecule has 2 N–H and O–H groups in total. The van der Waals surface area contributed by atoms with E-state index in [1.807, 2.05) is 37.3 Å². The van der Waals surface area contributed by atoms with Crippen molar-refractivity contribution in [2.24, 2.45) is 0 Å². The largest absolute Gasteiger partial charge is 0.496 e. The Morgan fingerprint density at radius 1 is 0.973 bits per heavy atom. The average molecular weight is 502 g/mol. The standard InChI is InChI=1S/C31H35NO5/c1-20-28(35-2)17-23(18-29(20)36-3)27-11-10-25(32-31(30(33)34)12-6-7-13-31)14-24(27)19-37-26-15-21-8-4-5-9-22(21)16-26/h4-5,8-11,14,17-18,26,32H,6-7,12-13,15-16,19H2,1-3H3,(H,33,34). The SMILES string of the molecule is COc1cc(-c2ccc(NC3(C(=O)O)CCCC3)cc2COC2Cc3ccccc3C2)cc(OC)c1C. The van der Waals surface area contributed by atoms with Crippen LogP contribution in [0.3, 0.4) is 0 Å². The lowest BCUT2D eigenvalue weighted by atomic mass is 9.95. The first-order chi connectivity index (χ1) is 17.9. The predicted octanol–water partition coefficient (Wildman–Crippen LogP) is 6.17. The van der Waals surface area contributed by atoms with Crippen molar-refractivity contribution in [2.45, 2.75) is 63.7 Å². The lowest BCUT2D eigenvalue weighted by molar-refractivity contribution is -0.142. The number of carboxylic acid groups (broad SMARTS) is 1. The molecule has 0 aliphatic heterocycles. The van der Waals surface area contributed by atoms with E-state index < -0.39 is 11.5 Å². The fourth-order valence-corrected chi connectivity index (χ4v) is 5.81. The fourth-order valence-electron chi connectivity index (χ4n) is 5.81. The lowest BCUT2D eigenvalue weighted by Gasteiger charge is -2.27. The molecule has 6 heteroatoms. The molecule has 3 aromatic rings. The minimum Gasteiger partial charge on any atom is -0.496 e. The number of hydrogen-bond acceptors (Lipinski definition) is 5. The number of nitrogens with one attached hydrogen (secondary N) is 1. The molecule has 0 radical (unpaired) electrons. The molecule has 5 rings (SSSR count). The molecule has 0 atom stereocenters. The van der Waals surface area contributed by atoms with Gasteiger partial charge in [0.1, 0.15) is 17.0 Å². The van der Waals surface area contributed by atoms with Crippen molar-refractivity contribution in [3.63, 3.8) is 0 Å². The van der Waals surface area contributed by atoms with Gasteiger partial charge < -0.3 is 24.6 Å². The summed E-state index contributed by atoms with van der Waals surface area (Å²) in [6.07, 6.45) is 5.00. The summed E-state index contributed by atoms with van der Waals surface area (Å²) < 4.78 is 17.7. The number of carbonyl (C=O) groups is 1. The third-order valence-electron chi connectivity index (χ3n) is 7.91. The Labute approximate surface area is 218 Å². The molecule has 0 aromatic heterocycles. The van der Waals surface area contributed by atoms with Crippen molar-refractivity contribution in [1.82, 2.24) is 0 Å². The van der Waals surface area contributed by atoms with Crippen molar-refractivity contribution in [3.05, 3.63) is 76.9 Å². The Morgan fingerprint density at radius 2 is 1.59 bits per heavy atom. The summed E-state index contributed by atoms with van der Waals surface area (Å²) in [4.78, 5) is 12.2. The van der Waals surface area contributed by atoms with Gasteiger partial charge in [-0.2, -0.15) is 0 Å². The Kier molecular flexibility index (Phi) is 7.11. The van der Waals surface area contributed by atoms with Crippen LogP contribution in [0, 0.1) is 6.92 Å². The van der Waals surface area contributed by atoms with E-state index in [4.69, 9.17) is 14.2 Å². The van der Waals surface area contributed by atoms with Gasteiger partial charge in [-0.25, -0.2) is 4.79 Å². The van der Waals surface area contributed by atoms with Crippen LogP contribution >= 0.6 is 0 Å². The number of methoxy groups -OCH3 is 2. The van der Waals surface area contributed by atoms with E-state index in [-0.39, 0.29) is 6.10 Å². The van der Waals surface area contributed by atoms with Gasteiger partial charge in [-0.1, -0.05) is 43.2 Å². The summed E-state index contributed by atoms with van der Waals surface area (Å²) in [5, 5.41) is 13.4. The summed E-state index contributed by atoms with van der Waals surface area (Å²) in [6, 6.07) is 18.6. The van der Waals surface area contributed by atoms with E-state index in [1.165, 1.54) is 11.1 Å². The van der Waals surface area contributed by atoms with E-state index in [0.717, 1.165) is 65.1 Å². The van der Waals surface area contributed by atoms with Crippen LogP contribution < -0.4 is 14.8 Å². The maximum Gasteiger partial charge on any atom is 0.329 e. The zero-order valence-corrected chi connectivity index (χ0v) is 21.8. The number of hydrogen-bond donors (Lipinski definition) is 2. The van der Waals surface area contributed by atoms with Gasteiger partial charge in [-0.05, 0) is 84.7 Å². The van der Waals surface area contributed by atoms with Gasteiger partial charge in [0.2, 0.25) is 0 Å². The number of fused-ring (bicyclic) bond motifs is 1. The van der Waals surface area contributed by atoms with Crippen LogP contribution in [-0.2, 0) is 29.0 Å². The second-order valence-corrected chi connectivity index (χ2v) is 10.2. The number of aliphatic carboxylic acids is 1. The first-order valence-electron chi connectivity index (χ1n) is 13.0. The van der Waals surface area contributed by atoms with Crippen molar-refractivity contribution < 1.29 is 24.1 Å². The number of rotatable bonds is 9. The number of anilines is 1. The fraction of sp³-hybridized carbons (Fsp3) is 0.387. The average Bonchev–Trinajstić information content (AvgIpc) is 3.55. The second kappa shape index (κ2) is 10.5. The van der Waals surface area contributed by atoms with E-state index in [9.17, 15) is 9.90 Å². The van der Waals surface area contributed by atoms with Crippen molar-refractivity contribution >= 4 is 11.7 Å². The normalized spacial score (nSPS) is 16.4. The molecule has 2 aliphatic rings. The van der Waals surface area contributed by atoms with Crippen LogP contribution in [-0.4, -0.2) is 36.9 Å². The minimum absolute atomic E-state index is 0.115. The molecule has 0 heterocycles. The van der Waals surface area contributed by atoms with Crippen LogP contribution in [0.1, 0.15) is 47.9 Å². The van der Waals surface area contributed by atoms with Gasteiger partial charge in [0.05, 0.1) is 26.9 Å². The van der Waals surface area contributed by atoms with Gasteiger partial charge >= 0.3 is 5.97 Å². The Hall–Kier alpha value is -3.51. The molecule has 194 valence electrons. The zero-order valence-electron chi connectivity index (χ0n) is 21.8. The molecule has 3 aromatic carbocycles. The molecule has 37 heavy (non-hydrogen) atoms. The monoisotopic (exact) mass is 501 g/mol. The van der Waals surface area contributed by atoms with Gasteiger partial charge in [-0.15, -0.1) is 0 Å². The second-order valence-electron chi connectivity index (χ2n) is 10.2. The van der Waals surface area contributed by atoms with E-state index in [2.05, 4.69) is 29.6 Å². The topological polar surface area (TPSA) is 77.0 Å². The van der Waals surface area contributed by atoms with Crippen LogP contribution in [0.2, 0.25) is 0 Å². The summed E-state index contributed by atoms with van der Waals surface area (Å²) in [5.41, 5.74) is 6.49. The highest BCUT2D eigenvalue weighted by molar-refractivity contribution is 5.84. The zero-order chi connectivity index (χ0) is 26.0. The van der Waals surface area contributed by atoms with Gasteiger partial charge in [0.25, 0.3) is 0 Å². The third kappa shape index (κ3) is 5.03. The summed E-state index contributed by atoms with van der Waals surface area (Å²) in [7, 11) is 3.32. The summed E-state index contributed by atoms with van der Waals surface area (Å²) in [6.45, 7) is 2.39. The highest BCUT2D eigenvalue weighted by Crippen LogP contribution is 2.39. The molecular weight excluding hydrogens is 466 g/mol. The van der Waals surface area contributed by atoms with Gasteiger partial charge in [0, 0.05) is 11.3 Å². The van der Waals surface area contributed by atoms with Gasteiger partial charge in [0.15, 0.2) is 0 Å². The number of ether oxygens (including phenoxy) is 3. The summed E-state index contributed by atoms with van der Waals surface area (Å²) >= 11 is 0.